The molecule has 0 radical (unpaired) electrons. The third-order valence-corrected chi connectivity index (χ3v) is 6.84. The van der Waals surface area contributed by atoms with Gasteiger partial charge in [0.15, 0.2) is 5.82 Å². The molecule has 0 saturated carbocycles. The molecule has 0 unspecified atom stereocenters. The zero-order chi connectivity index (χ0) is 23.5. The molecule has 14 heteroatoms. The van der Waals surface area contributed by atoms with Crippen LogP contribution in [0, 0.1) is 0 Å². The van der Waals surface area contributed by atoms with Gasteiger partial charge in [0.2, 0.25) is 0 Å². The smallest absolute Gasteiger partial charge is 0.175 e. The van der Waals surface area contributed by atoms with Crippen LogP contribution in [0.25, 0.3) is 11.5 Å². The van der Waals surface area contributed by atoms with Crippen LogP contribution < -0.4 is 9.64 Å². The van der Waals surface area contributed by atoms with Gasteiger partial charge in [-0.3, -0.25) is 0 Å². The van der Waals surface area contributed by atoms with Gasteiger partial charge in [-0.15, -0.1) is 21.5 Å². The first-order chi connectivity index (χ1) is 17.3. The van der Waals surface area contributed by atoms with Crippen LogP contribution in [-0.2, 0) is 6.61 Å². The van der Waals surface area contributed by atoms with Crippen molar-refractivity contribution in [2.24, 2.45) is 0 Å². The maximum Gasteiger partial charge on any atom is 0.175 e. The molecule has 6 rings (SSSR count). The minimum absolute atomic E-state index is 0.433. The highest BCUT2D eigenvalue weighted by molar-refractivity contribution is 7.09. The molecule has 5 heterocycles. The summed E-state index contributed by atoms with van der Waals surface area (Å²) in [5.74, 6) is 2.67. The van der Waals surface area contributed by atoms with Gasteiger partial charge in [-0.25, -0.2) is 19.6 Å². The normalized spacial score (nSPS) is 14.3. The number of ether oxygens (including phenoxy) is 1. The summed E-state index contributed by atoms with van der Waals surface area (Å²) in [6.45, 7) is 2.24. The van der Waals surface area contributed by atoms with E-state index in [1.165, 1.54) is 11.0 Å². The van der Waals surface area contributed by atoms with E-state index in [0.717, 1.165) is 53.9 Å². The van der Waals surface area contributed by atoms with E-state index in [4.69, 9.17) is 9.72 Å². The Morgan fingerprint density at radius 1 is 0.886 bits per heavy atom. The summed E-state index contributed by atoms with van der Waals surface area (Å²) in [7, 11) is 0. The largest absolute Gasteiger partial charge is 0.487 e. The Hall–Kier alpha value is -4.33. The average Bonchev–Trinajstić information content (AvgIpc) is 3.71. The van der Waals surface area contributed by atoms with E-state index in [9.17, 15) is 0 Å². The molecule has 0 N–H and O–H groups in total. The van der Waals surface area contributed by atoms with E-state index in [0.29, 0.717) is 18.3 Å². The zero-order valence-corrected chi connectivity index (χ0v) is 19.3. The van der Waals surface area contributed by atoms with Crippen molar-refractivity contribution in [2.45, 2.75) is 25.4 Å². The molecule has 0 bridgehead atoms. The minimum atomic E-state index is 0.433. The summed E-state index contributed by atoms with van der Waals surface area (Å²) in [6, 6.07) is 7.63. The summed E-state index contributed by atoms with van der Waals surface area (Å²) >= 11 is 1.70. The lowest BCUT2D eigenvalue weighted by Crippen LogP contribution is -2.33. The first kappa shape index (κ1) is 21.2. The lowest BCUT2D eigenvalue weighted by Gasteiger charge is -2.31. The fourth-order valence-electron chi connectivity index (χ4n) is 3.93. The number of hydrogen-bond donors (Lipinski definition) is 0. The predicted molar refractivity (Wildman–Crippen MR) is 125 cm³/mol. The molecule has 176 valence electrons. The Morgan fingerprint density at radius 3 is 2.29 bits per heavy atom. The summed E-state index contributed by atoms with van der Waals surface area (Å²) in [6.07, 6.45) is 8.54. The quantitative estimate of drug-likeness (QED) is 0.332. The van der Waals surface area contributed by atoms with Crippen LogP contribution in [-0.4, -0.2) is 68.5 Å². The molecule has 1 aliphatic heterocycles. The van der Waals surface area contributed by atoms with Gasteiger partial charge in [-0.2, -0.15) is 4.68 Å². The Morgan fingerprint density at radius 2 is 1.60 bits per heavy atom. The van der Waals surface area contributed by atoms with E-state index >= 15 is 0 Å². The second-order valence-corrected chi connectivity index (χ2v) is 8.85. The van der Waals surface area contributed by atoms with E-state index in [2.05, 4.69) is 51.3 Å². The third-order valence-electron chi connectivity index (χ3n) is 5.78. The third kappa shape index (κ3) is 4.68. The first-order valence-corrected chi connectivity index (χ1v) is 11.9. The van der Waals surface area contributed by atoms with E-state index in [1.807, 2.05) is 24.3 Å². The molecule has 0 atom stereocenters. The van der Waals surface area contributed by atoms with Gasteiger partial charge in [0.25, 0.3) is 0 Å². The van der Waals surface area contributed by atoms with E-state index in [-0.39, 0.29) is 0 Å². The highest BCUT2D eigenvalue weighted by Gasteiger charge is 2.24. The van der Waals surface area contributed by atoms with Crippen molar-refractivity contribution in [3.8, 4) is 17.3 Å². The fraction of sp³-hybridized carbons (Fsp3) is 0.286. The molecule has 4 aromatic heterocycles. The number of thiazole rings is 1. The average molecular weight is 489 g/mol. The van der Waals surface area contributed by atoms with Gasteiger partial charge in [0.05, 0.1) is 28.8 Å². The molecular formula is C21H20N12OS. The van der Waals surface area contributed by atoms with Gasteiger partial charge in [0, 0.05) is 24.4 Å². The molecule has 1 aliphatic rings. The second kappa shape index (κ2) is 9.50. The topological polar surface area (TPSA) is 138 Å². The number of nitrogens with zero attached hydrogens (tertiary/aromatic N) is 12. The van der Waals surface area contributed by atoms with Crippen LogP contribution in [0.2, 0.25) is 0 Å². The van der Waals surface area contributed by atoms with Gasteiger partial charge in [-0.05, 0) is 58.0 Å². The van der Waals surface area contributed by atoms with Crippen molar-refractivity contribution in [2.75, 3.05) is 18.0 Å². The maximum absolute atomic E-state index is 5.92. The number of anilines is 1. The standard InChI is InChI=1S/C21H20N12OS/c1-3-18(4-2-17(1)32-13-24-27-29-32)34-11-16-12-35-21(26-16)15-5-7-31(8-6-15)19-9-23-20(10-22-19)33-14-25-28-30-33/h1-4,9-10,12-15H,5-8,11H2. The SMILES string of the molecule is c1cc(-n2cnnn2)ccc1OCc1csc(C2CCN(c3cnc(-n4cnnn4)cn3)CC2)n1. The van der Waals surface area contributed by atoms with Crippen molar-refractivity contribution in [3.63, 3.8) is 0 Å². The van der Waals surface area contributed by atoms with Gasteiger partial charge < -0.3 is 9.64 Å². The highest BCUT2D eigenvalue weighted by Crippen LogP contribution is 2.32. The van der Waals surface area contributed by atoms with Crippen molar-refractivity contribution in [1.82, 2.24) is 55.4 Å². The molecule has 13 nitrogen and oxygen atoms in total. The van der Waals surface area contributed by atoms with E-state index in [1.54, 1.807) is 34.7 Å². The van der Waals surface area contributed by atoms with Crippen LogP contribution in [0.1, 0.15) is 29.5 Å². The molecule has 5 aromatic rings. The number of piperidine rings is 1. The molecule has 1 fully saturated rings. The highest BCUT2D eigenvalue weighted by atomic mass is 32.1. The Bertz CT molecular complexity index is 1340. The van der Waals surface area contributed by atoms with Crippen LogP contribution in [0.5, 0.6) is 5.75 Å². The zero-order valence-electron chi connectivity index (χ0n) is 18.5. The molecule has 0 spiro atoms. The molecule has 0 amide bonds. The van der Waals surface area contributed by atoms with Crippen LogP contribution >= 0.6 is 11.3 Å². The maximum atomic E-state index is 5.92. The summed E-state index contributed by atoms with van der Waals surface area (Å²) in [5.41, 5.74) is 1.82. The van der Waals surface area contributed by atoms with Crippen molar-refractivity contribution >= 4 is 17.2 Å². The Kier molecular flexibility index (Phi) is 5.76. The second-order valence-electron chi connectivity index (χ2n) is 7.96. The lowest BCUT2D eigenvalue weighted by atomic mass is 9.97. The molecular weight excluding hydrogens is 468 g/mol. The minimum Gasteiger partial charge on any atom is -0.487 e. The van der Waals surface area contributed by atoms with Crippen molar-refractivity contribution in [1.29, 1.82) is 0 Å². The Labute approximate surface area is 203 Å². The summed E-state index contributed by atoms with van der Waals surface area (Å²) in [4.78, 5) is 16.1. The number of rotatable bonds is 7. The monoisotopic (exact) mass is 488 g/mol. The number of benzene rings is 1. The van der Waals surface area contributed by atoms with Crippen LogP contribution in [0.4, 0.5) is 5.82 Å². The number of tetrazole rings is 2. The molecule has 1 saturated heterocycles. The first-order valence-electron chi connectivity index (χ1n) is 11.0. The lowest BCUT2D eigenvalue weighted by molar-refractivity contribution is 0.301. The van der Waals surface area contributed by atoms with Gasteiger partial charge >= 0.3 is 0 Å². The summed E-state index contributed by atoms with van der Waals surface area (Å²) in [5, 5.41) is 25.5. The number of hydrogen-bond acceptors (Lipinski definition) is 12. The number of aromatic nitrogens is 11. The summed E-state index contributed by atoms with van der Waals surface area (Å²) < 4.78 is 9.00. The predicted octanol–water partition coefficient (Wildman–Crippen LogP) is 1.85. The van der Waals surface area contributed by atoms with Gasteiger partial charge in [-0.1, -0.05) is 0 Å². The van der Waals surface area contributed by atoms with Crippen molar-refractivity contribution < 1.29 is 4.74 Å². The van der Waals surface area contributed by atoms with E-state index < -0.39 is 0 Å². The van der Waals surface area contributed by atoms with Crippen molar-refractivity contribution in [3.05, 3.63) is 65.4 Å². The Balaban J connectivity index is 1.01. The molecule has 35 heavy (non-hydrogen) atoms. The molecule has 1 aromatic carbocycles. The van der Waals surface area contributed by atoms with Crippen LogP contribution in [0.3, 0.4) is 0 Å². The van der Waals surface area contributed by atoms with Gasteiger partial charge in [0.1, 0.15) is 30.8 Å². The molecule has 0 aliphatic carbocycles. The van der Waals surface area contributed by atoms with Crippen LogP contribution in [0.15, 0.2) is 54.7 Å². The fourth-order valence-corrected chi connectivity index (χ4v) is 4.90.